The lowest BCUT2D eigenvalue weighted by molar-refractivity contribution is 0.469. The van der Waals surface area contributed by atoms with Gasteiger partial charge in [-0.25, -0.2) is 21.6 Å². The normalized spacial score (nSPS) is 11.3. The van der Waals surface area contributed by atoms with Crippen LogP contribution in [0.25, 0.3) is 0 Å². The van der Waals surface area contributed by atoms with Gasteiger partial charge in [-0.3, -0.25) is 4.72 Å². The zero-order valence-electron chi connectivity index (χ0n) is 9.77. The topological polar surface area (TPSA) is 66.4 Å². The standard InChI is InChI=1S/C12H8F3NO3S/c13-7-1-3-9(14)12(5-7)20(18,19)16-11-4-2-8(17)6-10(11)15/h1-6,16-17H. The summed E-state index contributed by atoms with van der Waals surface area (Å²) < 4.78 is 65.3. The van der Waals surface area contributed by atoms with Crippen LogP contribution in [0.3, 0.4) is 0 Å². The summed E-state index contributed by atoms with van der Waals surface area (Å²) in [6.07, 6.45) is 0. The first kappa shape index (κ1) is 14.2. The second kappa shape index (κ2) is 5.04. The molecular weight excluding hydrogens is 295 g/mol. The molecule has 0 spiro atoms. The van der Waals surface area contributed by atoms with E-state index in [0.717, 1.165) is 18.2 Å². The van der Waals surface area contributed by atoms with Gasteiger partial charge in [0.2, 0.25) is 0 Å². The SMILES string of the molecule is O=S(=O)(Nc1ccc(O)cc1F)c1cc(F)ccc1F. The van der Waals surface area contributed by atoms with Crippen LogP contribution in [0.1, 0.15) is 0 Å². The van der Waals surface area contributed by atoms with Crippen molar-refractivity contribution in [2.45, 2.75) is 4.90 Å². The summed E-state index contributed by atoms with van der Waals surface area (Å²) in [6, 6.07) is 4.57. The maximum absolute atomic E-state index is 13.4. The molecular formula is C12H8F3NO3S. The van der Waals surface area contributed by atoms with E-state index in [1.807, 2.05) is 0 Å². The molecule has 4 nitrogen and oxygen atoms in total. The molecule has 0 unspecified atom stereocenters. The highest BCUT2D eigenvalue weighted by atomic mass is 32.2. The predicted octanol–water partition coefficient (Wildman–Crippen LogP) is 2.61. The van der Waals surface area contributed by atoms with Crippen molar-refractivity contribution in [1.82, 2.24) is 0 Å². The van der Waals surface area contributed by atoms with Gasteiger partial charge >= 0.3 is 0 Å². The summed E-state index contributed by atoms with van der Waals surface area (Å²) in [5.74, 6) is -3.57. The van der Waals surface area contributed by atoms with Gasteiger partial charge in [-0.05, 0) is 30.3 Å². The van der Waals surface area contributed by atoms with Gasteiger partial charge in [-0.15, -0.1) is 0 Å². The van der Waals surface area contributed by atoms with Crippen LogP contribution in [-0.4, -0.2) is 13.5 Å². The zero-order valence-corrected chi connectivity index (χ0v) is 10.6. The van der Waals surface area contributed by atoms with E-state index in [-0.39, 0.29) is 0 Å². The minimum atomic E-state index is -4.49. The molecule has 0 saturated heterocycles. The van der Waals surface area contributed by atoms with E-state index in [1.165, 1.54) is 0 Å². The lowest BCUT2D eigenvalue weighted by atomic mass is 10.3. The van der Waals surface area contributed by atoms with Crippen LogP contribution in [0.5, 0.6) is 5.75 Å². The Balaban J connectivity index is 2.43. The fraction of sp³-hybridized carbons (Fsp3) is 0. The van der Waals surface area contributed by atoms with Gasteiger partial charge < -0.3 is 5.11 Å². The molecule has 2 N–H and O–H groups in total. The van der Waals surface area contributed by atoms with Crippen molar-refractivity contribution in [3.63, 3.8) is 0 Å². The molecule has 0 bridgehead atoms. The van der Waals surface area contributed by atoms with Crippen LogP contribution in [0, 0.1) is 17.5 Å². The first-order valence-electron chi connectivity index (χ1n) is 5.26. The number of aromatic hydroxyl groups is 1. The molecule has 0 aliphatic carbocycles. The summed E-state index contributed by atoms with van der Waals surface area (Å²) in [5.41, 5.74) is -0.494. The molecule has 0 atom stereocenters. The van der Waals surface area contributed by atoms with Crippen molar-refractivity contribution in [3.05, 3.63) is 53.8 Å². The van der Waals surface area contributed by atoms with E-state index in [4.69, 9.17) is 5.11 Å². The fourth-order valence-electron chi connectivity index (χ4n) is 1.47. The minimum Gasteiger partial charge on any atom is -0.508 e. The van der Waals surface area contributed by atoms with Crippen LogP contribution in [0.4, 0.5) is 18.9 Å². The van der Waals surface area contributed by atoms with E-state index in [1.54, 1.807) is 4.72 Å². The molecule has 0 fully saturated rings. The van der Waals surface area contributed by atoms with Gasteiger partial charge in [-0.1, -0.05) is 0 Å². The number of benzene rings is 2. The third-order valence-corrected chi connectivity index (χ3v) is 3.76. The first-order valence-corrected chi connectivity index (χ1v) is 6.74. The van der Waals surface area contributed by atoms with Crippen molar-refractivity contribution in [3.8, 4) is 5.75 Å². The number of halogens is 3. The van der Waals surface area contributed by atoms with Gasteiger partial charge in [0.15, 0.2) is 5.82 Å². The average Bonchev–Trinajstić information content (AvgIpc) is 2.35. The molecule has 0 radical (unpaired) electrons. The quantitative estimate of drug-likeness (QED) is 0.857. The summed E-state index contributed by atoms with van der Waals surface area (Å²) >= 11 is 0. The number of nitrogens with one attached hydrogen (secondary N) is 1. The zero-order chi connectivity index (χ0) is 14.9. The highest BCUT2D eigenvalue weighted by Gasteiger charge is 2.21. The Morgan fingerprint density at radius 3 is 2.30 bits per heavy atom. The van der Waals surface area contributed by atoms with Gasteiger partial charge in [-0.2, -0.15) is 0 Å². The largest absolute Gasteiger partial charge is 0.508 e. The van der Waals surface area contributed by atoms with Crippen LogP contribution in [0.2, 0.25) is 0 Å². The van der Waals surface area contributed by atoms with Crippen LogP contribution < -0.4 is 4.72 Å². The van der Waals surface area contributed by atoms with Crippen molar-refractivity contribution in [2.24, 2.45) is 0 Å². The molecule has 2 aromatic rings. The minimum absolute atomic E-state index is 0.401. The van der Waals surface area contributed by atoms with Crippen molar-refractivity contribution in [2.75, 3.05) is 4.72 Å². The Hall–Kier alpha value is -2.22. The van der Waals surface area contributed by atoms with E-state index in [0.29, 0.717) is 18.2 Å². The number of rotatable bonds is 3. The van der Waals surface area contributed by atoms with E-state index < -0.39 is 43.8 Å². The number of anilines is 1. The lowest BCUT2D eigenvalue weighted by Gasteiger charge is -2.10. The molecule has 8 heteroatoms. The van der Waals surface area contributed by atoms with Gasteiger partial charge in [0, 0.05) is 6.07 Å². The Kier molecular flexibility index (Phi) is 3.58. The molecule has 0 heterocycles. The van der Waals surface area contributed by atoms with E-state index in [2.05, 4.69) is 0 Å². The summed E-state index contributed by atoms with van der Waals surface area (Å²) in [5, 5.41) is 9.01. The first-order chi connectivity index (χ1) is 9.29. The fourth-order valence-corrected chi connectivity index (χ4v) is 2.63. The van der Waals surface area contributed by atoms with E-state index in [9.17, 15) is 21.6 Å². The van der Waals surface area contributed by atoms with Crippen molar-refractivity contribution >= 4 is 15.7 Å². The summed E-state index contributed by atoms with van der Waals surface area (Å²) in [4.78, 5) is -0.940. The van der Waals surface area contributed by atoms with Gasteiger partial charge in [0.05, 0.1) is 5.69 Å². The molecule has 0 saturated carbocycles. The van der Waals surface area contributed by atoms with Crippen LogP contribution >= 0.6 is 0 Å². The summed E-state index contributed by atoms with van der Waals surface area (Å²) in [7, 11) is -4.49. The maximum atomic E-state index is 13.4. The third kappa shape index (κ3) is 2.85. The van der Waals surface area contributed by atoms with E-state index >= 15 is 0 Å². The number of hydrogen-bond acceptors (Lipinski definition) is 3. The Labute approximate surface area is 112 Å². The molecule has 2 rings (SSSR count). The Bertz CT molecular complexity index is 763. The average molecular weight is 303 g/mol. The smallest absolute Gasteiger partial charge is 0.265 e. The number of sulfonamides is 1. The van der Waals surface area contributed by atoms with Gasteiger partial charge in [0.1, 0.15) is 22.3 Å². The second-order valence-corrected chi connectivity index (χ2v) is 5.50. The second-order valence-electron chi connectivity index (χ2n) is 3.84. The molecule has 106 valence electrons. The predicted molar refractivity (Wildman–Crippen MR) is 65.2 cm³/mol. The highest BCUT2D eigenvalue weighted by Crippen LogP contribution is 2.24. The highest BCUT2D eigenvalue weighted by molar-refractivity contribution is 7.92. The van der Waals surface area contributed by atoms with Crippen LogP contribution in [0.15, 0.2) is 41.3 Å². The third-order valence-electron chi connectivity index (χ3n) is 2.38. The monoisotopic (exact) mass is 303 g/mol. The number of hydrogen-bond donors (Lipinski definition) is 2. The summed E-state index contributed by atoms with van der Waals surface area (Å²) in [6.45, 7) is 0. The van der Waals surface area contributed by atoms with Gasteiger partial charge in [0.25, 0.3) is 10.0 Å². The van der Waals surface area contributed by atoms with Crippen molar-refractivity contribution in [1.29, 1.82) is 0 Å². The number of phenols is 1. The molecule has 20 heavy (non-hydrogen) atoms. The Morgan fingerprint density at radius 2 is 1.65 bits per heavy atom. The van der Waals surface area contributed by atoms with Crippen LogP contribution in [-0.2, 0) is 10.0 Å². The molecule has 0 aromatic heterocycles. The molecule has 0 aliphatic heterocycles. The Morgan fingerprint density at radius 1 is 0.950 bits per heavy atom. The molecule has 2 aromatic carbocycles. The number of phenolic OH excluding ortho intramolecular Hbond substituents is 1. The van der Waals surface area contributed by atoms with Crippen molar-refractivity contribution < 1.29 is 26.7 Å². The lowest BCUT2D eigenvalue weighted by Crippen LogP contribution is -2.15. The molecule has 0 amide bonds. The molecule has 0 aliphatic rings. The maximum Gasteiger partial charge on any atom is 0.265 e.